The van der Waals surface area contributed by atoms with Crippen molar-refractivity contribution in [3.05, 3.63) is 34.4 Å². The molecule has 116 valence electrons. The number of benzene rings is 1. The molecule has 5 nitrogen and oxygen atoms in total. The van der Waals surface area contributed by atoms with Crippen molar-refractivity contribution < 1.29 is 14.6 Å². The van der Waals surface area contributed by atoms with Crippen molar-refractivity contribution in [2.75, 3.05) is 6.61 Å². The van der Waals surface area contributed by atoms with E-state index in [0.717, 1.165) is 28.1 Å². The van der Waals surface area contributed by atoms with Gasteiger partial charge in [-0.25, -0.2) is 4.79 Å². The van der Waals surface area contributed by atoms with Crippen molar-refractivity contribution in [1.82, 2.24) is 9.78 Å². The maximum atomic E-state index is 11.0. The van der Waals surface area contributed by atoms with Gasteiger partial charge in [-0.15, -0.1) is 0 Å². The van der Waals surface area contributed by atoms with Crippen LogP contribution in [0, 0.1) is 5.92 Å². The Balaban J connectivity index is 1.86. The molecule has 0 spiro atoms. The average molecular weight is 365 g/mol. The molecule has 2 aromatic rings. The van der Waals surface area contributed by atoms with Gasteiger partial charge in [0, 0.05) is 17.1 Å². The predicted molar refractivity (Wildman–Crippen MR) is 86.1 cm³/mol. The minimum atomic E-state index is -1.03. The van der Waals surface area contributed by atoms with Gasteiger partial charge in [-0.2, -0.15) is 5.10 Å². The number of ether oxygens (including phenoxy) is 1. The van der Waals surface area contributed by atoms with Gasteiger partial charge in [0.05, 0.1) is 12.3 Å². The highest BCUT2D eigenvalue weighted by atomic mass is 79.9. The molecule has 1 N–H and O–H groups in total. The Labute approximate surface area is 137 Å². The number of aryl methyl sites for hydroxylation is 1. The number of carboxylic acid groups (broad SMARTS) is 1. The van der Waals surface area contributed by atoms with E-state index < -0.39 is 5.97 Å². The molecular formula is C16H17BrN2O3. The summed E-state index contributed by atoms with van der Waals surface area (Å²) in [5.74, 6) is 0.422. The highest BCUT2D eigenvalue weighted by Crippen LogP contribution is 2.31. The molecule has 0 atom stereocenters. The van der Waals surface area contributed by atoms with Gasteiger partial charge in [0.25, 0.3) is 0 Å². The Morgan fingerprint density at radius 1 is 1.41 bits per heavy atom. The van der Waals surface area contributed by atoms with Crippen LogP contribution in [-0.2, 0) is 7.05 Å². The van der Waals surface area contributed by atoms with Gasteiger partial charge in [0.2, 0.25) is 0 Å². The molecule has 1 aromatic heterocycles. The lowest BCUT2D eigenvalue weighted by Crippen LogP contribution is -2.19. The van der Waals surface area contributed by atoms with Crippen molar-refractivity contribution >= 4 is 21.9 Å². The van der Waals surface area contributed by atoms with E-state index in [1.54, 1.807) is 17.8 Å². The Morgan fingerprint density at radius 3 is 2.77 bits per heavy atom. The second-order valence-electron chi connectivity index (χ2n) is 5.63. The Bertz CT molecular complexity index is 707. The molecule has 0 saturated heterocycles. The molecule has 1 heterocycles. The summed E-state index contributed by atoms with van der Waals surface area (Å²) in [5, 5.41) is 13.1. The summed E-state index contributed by atoms with van der Waals surface area (Å²) < 4.78 is 8.34. The molecular weight excluding hydrogens is 348 g/mol. The van der Waals surface area contributed by atoms with Crippen LogP contribution in [0.2, 0.25) is 0 Å². The van der Waals surface area contributed by atoms with E-state index in [-0.39, 0.29) is 5.69 Å². The Hall–Kier alpha value is -1.82. The van der Waals surface area contributed by atoms with Crippen molar-refractivity contribution in [2.24, 2.45) is 13.0 Å². The maximum absolute atomic E-state index is 11.0. The largest absolute Gasteiger partial charge is 0.493 e. The normalized spacial score (nSPS) is 14.6. The van der Waals surface area contributed by atoms with Crippen LogP contribution >= 0.6 is 15.9 Å². The summed E-state index contributed by atoms with van der Waals surface area (Å²) in [5.41, 5.74) is 1.65. The predicted octanol–water partition coefficient (Wildman–Crippen LogP) is 3.73. The Kier molecular flexibility index (Phi) is 4.20. The van der Waals surface area contributed by atoms with Gasteiger partial charge in [-0.1, -0.05) is 22.4 Å². The van der Waals surface area contributed by atoms with Crippen molar-refractivity contribution in [3.8, 4) is 17.0 Å². The van der Waals surface area contributed by atoms with Gasteiger partial charge in [-0.3, -0.25) is 4.68 Å². The zero-order chi connectivity index (χ0) is 15.7. The fraction of sp³-hybridized carbons (Fsp3) is 0.375. The molecule has 0 unspecified atom stereocenters. The third kappa shape index (κ3) is 3.16. The molecule has 0 bridgehead atoms. The van der Waals surface area contributed by atoms with Gasteiger partial charge in [0.15, 0.2) is 5.69 Å². The first-order chi connectivity index (χ1) is 10.5. The molecule has 1 aliphatic rings. The summed E-state index contributed by atoms with van der Waals surface area (Å²) in [6.07, 6.45) is 3.78. The first kappa shape index (κ1) is 15.1. The van der Waals surface area contributed by atoms with Gasteiger partial charge in [-0.05, 0) is 43.0 Å². The number of hydrogen-bond donors (Lipinski definition) is 1. The molecule has 1 aromatic carbocycles. The lowest BCUT2D eigenvalue weighted by molar-refractivity contribution is 0.0689. The molecule has 1 aliphatic carbocycles. The summed E-state index contributed by atoms with van der Waals surface area (Å²) in [6, 6.07) is 7.35. The number of halogens is 1. The van der Waals surface area contributed by atoms with Crippen LogP contribution < -0.4 is 4.74 Å². The van der Waals surface area contributed by atoms with E-state index in [1.807, 2.05) is 18.2 Å². The van der Waals surface area contributed by atoms with E-state index >= 15 is 0 Å². The second-order valence-corrected chi connectivity index (χ2v) is 6.54. The van der Waals surface area contributed by atoms with Crippen LogP contribution in [0.15, 0.2) is 28.7 Å². The van der Waals surface area contributed by atoms with Crippen molar-refractivity contribution in [1.29, 1.82) is 0 Å². The van der Waals surface area contributed by atoms with Crippen LogP contribution in [0.5, 0.6) is 5.75 Å². The minimum absolute atomic E-state index is 0.0365. The molecule has 22 heavy (non-hydrogen) atoms. The first-order valence-corrected chi connectivity index (χ1v) is 8.03. The van der Waals surface area contributed by atoms with E-state index in [9.17, 15) is 4.79 Å². The molecule has 6 heteroatoms. The van der Waals surface area contributed by atoms with Crippen LogP contribution in [0.25, 0.3) is 11.3 Å². The first-order valence-electron chi connectivity index (χ1n) is 7.24. The molecule has 0 aliphatic heterocycles. The standard InChI is InChI=1S/C16H17BrN2O3/c1-19-15(8-14(18-19)16(20)21)11-5-12(17)7-13(6-11)22-9-10-3-2-4-10/h5-8,10H,2-4,9H2,1H3,(H,20,21). The average Bonchev–Trinajstić information content (AvgIpc) is 2.79. The smallest absolute Gasteiger partial charge is 0.356 e. The number of carbonyl (C=O) groups is 1. The fourth-order valence-corrected chi connectivity index (χ4v) is 2.98. The number of carboxylic acids is 1. The van der Waals surface area contributed by atoms with E-state index in [2.05, 4.69) is 21.0 Å². The highest BCUT2D eigenvalue weighted by Gasteiger charge is 2.18. The SMILES string of the molecule is Cn1nc(C(=O)O)cc1-c1cc(Br)cc(OCC2CCC2)c1. The number of rotatable bonds is 5. The minimum Gasteiger partial charge on any atom is -0.493 e. The van der Waals surface area contributed by atoms with Gasteiger partial charge >= 0.3 is 5.97 Å². The number of nitrogens with zero attached hydrogens (tertiary/aromatic N) is 2. The monoisotopic (exact) mass is 364 g/mol. The van der Waals surface area contributed by atoms with E-state index in [4.69, 9.17) is 9.84 Å². The maximum Gasteiger partial charge on any atom is 0.356 e. The number of aromatic nitrogens is 2. The molecule has 3 rings (SSSR count). The van der Waals surface area contributed by atoms with Crippen LogP contribution in [-0.4, -0.2) is 27.5 Å². The van der Waals surface area contributed by atoms with Gasteiger partial charge in [0.1, 0.15) is 5.75 Å². The Morgan fingerprint density at radius 2 is 2.18 bits per heavy atom. The molecule has 1 fully saturated rings. The summed E-state index contributed by atoms with van der Waals surface area (Å²) in [7, 11) is 1.73. The summed E-state index contributed by atoms with van der Waals surface area (Å²) in [6.45, 7) is 0.738. The van der Waals surface area contributed by atoms with E-state index in [0.29, 0.717) is 5.92 Å². The zero-order valence-corrected chi connectivity index (χ0v) is 13.8. The number of hydrogen-bond acceptors (Lipinski definition) is 3. The van der Waals surface area contributed by atoms with Crippen molar-refractivity contribution in [2.45, 2.75) is 19.3 Å². The lowest BCUT2D eigenvalue weighted by Gasteiger charge is -2.25. The third-order valence-electron chi connectivity index (χ3n) is 3.98. The zero-order valence-electron chi connectivity index (χ0n) is 12.3. The fourth-order valence-electron chi connectivity index (χ4n) is 2.51. The summed E-state index contributed by atoms with van der Waals surface area (Å²) in [4.78, 5) is 11.0. The number of aromatic carboxylic acids is 1. The van der Waals surface area contributed by atoms with Crippen LogP contribution in [0.1, 0.15) is 29.8 Å². The van der Waals surface area contributed by atoms with E-state index in [1.165, 1.54) is 19.3 Å². The molecule has 0 amide bonds. The lowest BCUT2D eigenvalue weighted by atomic mass is 9.86. The van der Waals surface area contributed by atoms with Crippen LogP contribution in [0.3, 0.4) is 0 Å². The summed E-state index contributed by atoms with van der Waals surface area (Å²) >= 11 is 3.48. The van der Waals surface area contributed by atoms with Gasteiger partial charge < -0.3 is 9.84 Å². The van der Waals surface area contributed by atoms with Crippen molar-refractivity contribution in [3.63, 3.8) is 0 Å². The molecule has 1 saturated carbocycles. The third-order valence-corrected chi connectivity index (χ3v) is 4.43. The highest BCUT2D eigenvalue weighted by molar-refractivity contribution is 9.10. The topological polar surface area (TPSA) is 64.4 Å². The molecule has 0 radical (unpaired) electrons. The quantitative estimate of drug-likeness (QED) is 0.877. The second kappa shape index (κ2) is 6.12. The van der Waals surface area contributed by atoms with Crippen LogP contribution in [0.4, 0.5) is 0 Å².